The smallest absolute Gasteiger partial charge is 0.445 e. The topological polar surface area (TPSA) is 6.48 Å². The fraction of sp³-hybridized carbons (Fsp3) is 0.800. The summed E-state index contributed by atoms with van der Waals surface area (Å²) in [5, 5.41) is 0. The molecule has 0 aliphatic carbocycles. The van der Waals surface area contributed by atoms with Crippen LogP contribution in [0.5, 0.6) is 0 Å². The Bertz CT molecular complexity index is 281. The van der Waals surface area contributed by atoms with E-state index >= 15 is 0 Å². The minimum Gasteiger partial charge on any atom is -0.445 e. The van der Waals surface area contributed by atoms with E-state index in [9.17, 15) is 12.9 Å². The van der Waals surface area contributed by atoms with Crippen molar-refractivity contribution in [2.75, 3.05) is 33.2 Å². The van der Waals surface area contributed by atoms with Crippen LogP contribution in [0.25, 0.3) is 0 Å². The van der Waals surface area contributed by atoms with E-state index in [2.05, 4.69) is 11.5 Å². The monoisotopic (exact) mass is 274 g/mol. The summed E-state index contributed by atoms with van der Waals surface area (Å²) in [6.07, 6.45) is 0. The van der Waals surface area contributed by atoms with Gasteiger partial charge < -0.3 is 12.9 Å². The summed E-state index contributed by atoms with van der Waals surface area (Å²) in [4.78, 5) is 4.00. The summed E-state index contributed by atoms with van der Waals surface area (Å²) in [5.74, 6) is 0. The van der Waals surface area contributed by atoms with Gasteiger partial charge in [-0.2, -0.15) is 0 Å². The third-order valence-electron chi connectivity index (χ3n) is 3.29. The molecule has 7 heteroatoms. The van der Waals surface area contributed by atoms with Crippen LogP contribution in [0.3, 0.4) is 0 Å². The minimum atomic E-state index is -4.89. The van der Waals surface area contributed by atoms with Crippen molar-refractivity contribution in [3.63, 3.8) is 0 Å². The molecule has 1 rings (SSSR count). The molecule has 17 heavy (non-hydrogen) atoms. The Morgan fingerprint density at radius 2 is 1.82 bits per heavy atom. The van der Waals surface area contributed by atoms with E-state index in [0.717, 1.165) is 6.54 Å². The van der Waals surface area contributed by atoms with Gasteiger partial charge in [0.2, 0.25) is 0 Å². The second kappa shape index (κ2) is 6.54. The van der Waals surface area contributed by atoms with E-state index in [1.165, 1.54) is 0 Å². The summed E-state index contributed by atoms with van der Waals surface area (Å²) < 4.78 is 37.2. The van der Waals surface area contributed by atoms with Crippen molar-refractivity contribution >= 4 is 6.98 Å². The zero-order valence-electron chi connectivity index (χ0n) is 11.1. The summed E-state index contributed by atoms with van der Waals surface area (Å²) in [6, 6.07) is 0. The quantitative estimate of drug-likeness (QED) is 0.607. The minimum absolute atomic E-state index is 0. The largest absolute Gasteiger partial charge is 1.00 e. The van der Waals surface area contributed by atoms with Gasteiger partial charge >= 0.3 is 58.4 Å². The van der Waals surface area contributed by atoms with Crippen molar-refractivity contribution < 1.29 is 64.3 Å². The van der Waals surface area contributed by atoms with Crippen molar-refractivity contribution in [2.24, 2.45) is 0 Å². The maximum atomic E-state index is 12.4. The molecule has 1 saturated heterocycles. The first-order chi connectivity index (χ1) is 7.13. The SMILES string of the molecule is C=C(CN1CCN(C)C(C)(C)C1)[B-](F)(F)F.[K+]. The van der Waals surface area contributed by atoms with E-state index in [-0.39, 0.29) is 63.5 Å². The standard InChI is InChI=1S/C10H19BF3N2.K/c1-9(11(12,13)14)7-16-6-5-15(4)10(2,3)8-16;/h1,5-8H2,2-4H3;/q-1;+1. The first-order valence-electron chi connectivity index (χ1n) is 5.44. The van der Waals surface area contributed by atoms with Crippen molar-refractivity contribution in [3.8, 4) is 0 Å². The number of likely N-dealkylation sites (N-methyl/N-ethyl adjacent to an activating group) is 1. The molecule has 0 unspecified atom stereocenters. The molecule has 0 aromatic rings. The first-order valence-corrected chi connectivity index (χ1v) is 5.44. The van der Waals surface area contributed by atoms with E-state index in [4.69, 9.17) is 0 Å². The van der Waals surface area contributed by atoms with Crippen molar-refractivity contribution in [1.29, 1.82) is 0 Å². The van der Waals surface area contributed by atoms with Crippen LogP contribution in [0.15, 0.2) is 12.1 Å². The third-order valence-corrected chi connectivity index (χ3v) is 3.29. The molecule has 0 spiro atoms. The second-order valence-corrected chi connectivity index (χ2v) is 5.18. The average Bonchev–Trinajstić information content (AvgIpc) is 2.09. The van der Waals surface area contributed by atoms with Crippen LogP contribution in [0.2, 0.25) is 0 Å². The van der Waals surface area contributed by atoms with Gasteiger partial charge in [-0.15, -0.1) is 12.1 Å². The van der Waals surface area contributed by atoms with Crippen LogP contribution in [0.4, 0.5) is 12.9 Å². The summed E-state index contributed by atoms with van der Waals surface area (Å²) in [6.45, 7) is 4.39. The van der Waals surface area contributed by atoms with E-state index < -0.39 is 12.4 Å². The zero-order chi connectivity index (χ0) is 12.6. The second-order valence-electron chi connectivity index (χ2n) is 5.18. The molecule has 2 nitrogen and oxygen atoms in total. The molecule has 0 saturated carbocycles. The van der Waals surface area contributed by atoms with Crippen molar-refractivity contribution in [2.45, 2.75) is 19.4 Å². The molecule has 1 aliphatic heterocycles. The Morgan fingerprint density at radius 1 is 1.29 bits per heavy atom. The molecular formula is C10H19BF3KN2. The fourth-order valence-corrected chi connectivity index (χ4v) is 1.87. The van der Waals surface area contributed by atoms with Gasteiger partial charge in [0.25, 0.3) is 0 Å². The number of hydrogen-bond acceptors (Lipinski definition) is 2. The summed E-state index contributed by atoms with van der Waals surface area (Å²) in [5.41, 5.74) is -0.669. The molecule has 0 radical (unpaired) electrons. The van der Waals surface area contributed by atoms with Gasteiger partial charge in [-0.1, -0.05) is 0 Å². The first kappa shape index (κ1) is 18.2. The van der Waals surface area contributed by atoms with E-state index in [1.807, 2.05) is 25.8 Å². The van der Waals surface area contributed by atoms with Gasteiger partial charge in [-0.3, -0.25) is 9.80 Å². The van der Waals surface area contributed by atoms with E-state index in [0.29, 0.717) is 13.1 Å². The molecule has 0 atom stereocenters. The molecule has 1 heterocycles. The maximum absolute atomic E-state index is 12.4. The molecule has 0 aromatic carbocycles. The molecular weight excluding hydrogens is 255 g/mol. The maximum Gasteiger partial charge on any atom is 1.00 e. The Labute approximate surface area is 144 Å². The Hall–Kier alpha value is 1.15. The Balaban J connectivity index is 0.00000256. The molecule has 0 N–H and O–H groups in total. The predicted molar refractivity (Wildman–Crippen MR) is 61.4 cm³/mol. The van der Waals surface area contributed by atoms with Crippen molar-refractivity contribution in [3.05, 3.63) is 12.1 Å². The van der Waals surface area contributed by atoms with Gasteiger partial charge in [0.1, 0.15) is 0 Å². The normalized spacial score (nSPS) is 22.0. The van der Waals surface area contributed by atoms with Gasteiger partial charge in [0, 0.05) is 25.2 Å². The number of nitrogens with zero attached hydrogens (tertiary/aromatic N) is 2. The summed E-state index contributed by atoms with van der Waals surface area (Å²) >= 11 is 0. The molecule has 0 amide bonds. The van der Waals surface area contributed by atoms with Crippen molar-refractivity contribution in [1.82, 2.24) is 9.80 Å². The van der Waals surface area contributed by atoms with Gasteiger partial charge in [0.15, 0.2) is 0 Å². The van der Waals surface area contributed by atoms with Gasteiger partial charge in [-0.25, -0.2) is 0 Å². The summed E-state index contributed by atoms with van der Waals surface area (Å²) in [7, 11) is 2.00. The van der Waals surface area contributed by atoms with Crippen LogP contribution in [-0.4, -0.2) is 55.5 Å². The van der Waals surface area contributed by atoms with Gasteiger partial charge in [-0.05, 0) is 27.4 Å². The predicted octanol–water partition coefficient (Wildman–Crippen LogP) is -1.04. The Morgan fingerprint density at radius 3 is 2.24 bits per heavy atom. The van der Waals surface area contributed by atoms with Crippen LogP contribution in [0.1, 0.15) is 13.8 Å². The van der Waals surface area contributed by atoms with Crippen LogP contribution >= 0.6 is 0 Å². The Kier molecular flexibility index (Phi) is 6.99. The molecule has 1 aliphatic rings. The number of piperazine rings is 1. The van der Waals surface area contributed by atoms with Crippen LogP contribution in [-0.2, 0) is 0 Å². The zero-order valence-corrected chi connectivity index (χ0v) is 14.3. The molecule has 0 bridgehead atoms. The number of hydrogen-bond donors (Lipinski definition) is 0. The third kappa shape index (κ3) is 5.34. The molecule has 1 fully saturated rings. The average molecular weight is 274 g/mol. The number of halogens is 3. The van der Waals surface area contributed by atoms with Gasteiger partial charge in [0.05, 0.1) is 0 Å². The van der Waals surface area contributed by atoms with E-state index in [1.54, 1.807) is 0 Å². The fourth-order valence-electron chi connectivity index (χ4n) is 1.87. The van der Waals surface area contributed by atoms with Crippen LogP contribution < -0.4 is 51.4 Å². The molecule has 0 aromatic heterocycles. The number of rotatable bonds is 3. The van der Waals surface area contributed by atoms with Crippen LogP contribution in [0, 0.1) is 0 Å². The molecule has 94 valence electrons.